The zero-order valence-corrected chi connectivity index (χ0v) is 18.0. The molecule has 1 N–H and O–H groups in total. The molecule has 0 radical (unpaired) electrons. The van der Waals surface area contributed by atoms with Crippen molar-refractivity contribution in [3.05, 3.63) is 34.3 Å². The number of furan rings is 1. The second-order valence-electron chi connectivity index (χ2n) is 9.52. The fourth-order valence-corrected chi connectivity index (χ4v) is 6.47. The minimum Gasteiger partial charge on any atom is -0.460 e. The van der Waals surface area contributed by atoms with E-state index >= 15 is 0 Å². The fourth-order valence-electron chi connectivity index (χ4n) is 6.47. The number of esters is 2. The van der Waals surface area contributed by atoms with Crippen LogP contribution in [-0.4, -0.2) is 54.9 Å². The Morgan fingerprint density at radius 1 is 1.29 bits per heavy atom. The largest absolute Gasteiger partial charge is 0.460 e. The highest BCUT2D eigenvalue weighted by atomic mass is 16.6. The van der Waals surface area contributed by atoms with Gasteiger partial charge in [0.2, 0.25) is 5.78 Å². The Balaban J connectivity index is 1.81. The third kappa shape index (κ3) is 2.46. The minimum absolute atomic E-state index is 0.106. The smallest absolute Gasteiger partial charge is 0.342 e. The van der Waals surface area contributed by atoms with Crippen molar-refractivity contribution in [1.82, 2.24) is 0 Å². The molecule has 1 fully saturated rings. The van der Waals surface area contributed by atoms with Gasteiger partial charge in [0, 0.05) is 30.6 Å². The molecule has 5 rings (SSSR count). The van der Waals surface area contributed by atoms with Crippen LogP contribution in [0, 0.1) is 11.3 Å². The molecule has 3 aliphatic carbocycles. The van der Waals surface area contributed by atoms with E-state index in [0.717, 1.165) is 0 Å². The van der Waals surface area contributed by atoms with E-state index in [-0.39, 0.29) is 29.6 Å². The summed E-state index contributed by atoms with van der Waals surface area (Å²) in [5, 5.41) is 10.8. The Hall–Kier alpha value is -2.45. The standard InChI is InChI=1S/C23H26O8/c1-10(24)30-13-7-22(2)12(5-6-14(22)25)16-18(13)23(3)15(9-28-4)31-21(27)11-8-29-20(17(11)23)19(16)26/h8,12-15,25H,5-7,9H2,1-4H3/t12-,13+,14?,15+,22?,23?/m0/s1. The predicted molar refractivity (Wildman–Crippen MR) is 106 cm³/mol. The lowest BCUT2D eigenvalue weighted by Crippen LogP contribution is -2.57. The van der Waals surface area contributed by atoms with Gasteiger partial charge in [0.25, 0.3) is 0 Å². The number of allylic oxidation sites excluding steroid dienone is 1. The first kappa shape index (κ1) is 20.5. The Morgan fingerprint density at radius 2 is 2.03 bits per heavy atom. The minimum atomic E-state index is -0.959. The summed E-state index contributed by atoms with van der Waals surface area (Å²) in [4.78, 5) is 38.4. The van der Waals surface area contributed by atoms with Gasteiger partial charge in [-0.1, -0.05) is 6.92 Å². The molecule has 8 heteroatoms. The maximum Gasteiger partial charge on any atom is 0.342 e. The number of Topliss-reactive ketones (excluding diaryl/α,β-unsaturated/α-hetero) is 1. The van der Waals surface area contributed by atoms with Crippen molar-refractivity contribution in [3.63, 3.8) is 0 Å². The van der Waals surface area contributed by atoms with Crippen molar-refractivity contribution in [2.45, 2.75) is 63.8 Å². The molecular weight excluding hydrogens is 404 g/mol. The van der Waals surface area contributed by atoms with E-state index < -0.39 is 41.1 Å². The van der Waals surface area contributed by atoms with Crippen LogP contribution in [0.4, 0.5) is 0 Å². The number of cyclic esters (lactones) is 1. The zero-order chi connectivity index (χ0) is 22.3. The van der Waals surface area contributed by atoms with Crippen molar-refractivity contribution in [1.29, 1.82) is 0 Å². The van der Waals surface area contributed by atoms with E-state index in [1.165, 1.54) is 20.3 Å². The molecule has 4 aliphatic rings. The third-order valence-corrected chi connectivity index (χ3v) is 7.93. The van der Waals surface area contributed by atoms with Gasteiger partial charge in [0.05, 0.1) is 18.1 Å². The SMILES string of the molecule is COC[C@H]1OC(=O)c2coc3c2C1(C)C1=C(C3=O)[C@@H]2CCC(O)C2(C)C[C@H]1OC(C)=O. The monoisotopic (exact) mass is 430 g/mol. The molecule has 6 atom stereocenters. The molecular formula is C23H26O8. The van der Waals surface area contributed by atoms with Gasteiger partial charge in [0.15, 0.2) is 5.76 Å². The van der Waals surface area contributed by atoms with Crippen LogP contribution in [0.25, 0.3) is 0 Å². The molecule has 3 unspecified atom stereocenters. The van der Waals surface area contributed by atoms with Crippen LogP contribution in [0.1, 0.15) is 66.5 Å². The van der Waals surface area contributed by atoms with Crippen LogP contribution in [0.15, 0.2) is 21.8 Å². The quantitative estimate of drug-likeness (QED) is 0.727. The van der Waals surface area contributed by atoms with Crippen molar-refractivity contribution in [2.24, 2.45) is 11.3 Å². The molecule has 1 saturated carbocycles. The van der Waals surface area contributed by atoms with Crippen LogP contribution in [0.3, 0.4) is 0 Å². The van der Waals surface area contributed by atoms with Crippen molar-refractivity contribution in [3.8, 4) is 0 Å². The molecule has 0 bridgehead atoms. The second kappa shape index (κ2) is 6.53. The van der Waals surface area contributed by atoms with Crippen molar-refractivity contribution >= 4 is 17.7 Å². The molecule has 0 spiro atoms. The van der Waals surface area contributed by atoms with Gasteiger partial charge >= 0.3 is 11.9 Å². The average molecular weight is 430 g/mol. The number of carbonyl (C=O) groups is 3. The highest BCUT2D eigenvalue weighted by Gasteiger charge is 2.64. The molecule has 166 valence electrons. The number of fused-ring (bicyclic) bond motifs is 3. The first-order chi connectivity index (χ1) is 14.6. The summed E-state index contributed by atoms with van der Waals surface area (Å²) in [6.45, 7) is 5.28. The van der Waals surface area contributed by atoms with Crippen LogP contribution in [0.5, 0.6) is 0 Å². The topological polar surface area (TPSA) is 112 Å². The maximum atomic E-state index is 13.7. The fraction of sp³-hybridized carbons (Fsp3) is 0.609. The first-order valence-electron chi connectivity index (χ1n) is 10.6. The van der Waals surface area contributed by atoms with Gasteiger partial charge < -0.3 is 23.7 Å². The molecule has 0 aromatic carbocycles. The highest BCUT2D eigenvalue weighted by Crippen LogP contribution is 2.62. The summed E-state index contributed by atoms with van der Waals surface area (Å²) >= 11 is 0. The number of aliphatic hydroxyl groups is 1. The summed E-state index contributed by atoms with van der Waals surface area (Å²) in [7, 11) is 1.51. The summed E-state index contributed by atoms with van der Waals surface area (Å²) < 4.78 is 22.5. The Bertz CT molecular complexity index is 1030. The highest BCUT2D eigenvalue weighted by molar-refractivity contribution is 6.13. The van der Waals surface area contributed by atoms with Crippen molar-refractivity contribution < 1.29 is 38.1 Å². The van der Waals surface area contributed by atoms with Crippen LogP contribution >= 0.6 is 0 Å². The summed E-state index contributed by atoms with van der Waals surface area (Å²) in [5.74, 6) is -1.43. The van der Waals surface area contributed by atoms with Gasteiger partial charge in [-0.05, 0) is 37.7 Å². The van der Waals surface area contributed by atoms with Crippen LogP contribution in [0.2, 0.25) is 0 Å². The molecule has 31 heavy (non-hydrogen) atoms. The molecule has 1 aromatic heterocycles. The molecule has 1 aliphatic heterocycles. The van der Waals surface area contributed by atoms with Crippen LogP contribution in [-0.2, 0) is 24.4 Å². The van der Waals surface area contributed by atoms with E-state index in [1.54, 1.807) is 0 Å². The number of methoxy groups -OCH3 is 1. The number of hydrogen-bond acceptors (Lipinski definition) is 8. The summed E-state index contributed by atoms with van der Waals surface area (Å²) in [5.41, 5.74) is 0.292. The lowest BCUT2D eigenvalue weighted by atomic mass is 9.54. The molecule has 8 nitrogen and oxygen atoms in total. The Labute approximate surface area is 179 Å². The number of ketones is 1. The van der Waals surface area contributed by atoms with E-state index in [1.807, 2.05) is 13.8 Å². The van der Waals surface area contributed by atoms with Crippen molar-refractivity contribution in [2.75, 3.05) is 13.7 Å². The summed E-state index contributed by atoms with van der Waals surface area (Å²) in [6, 6.07) is 0. The predicted octanol–water partition coefficient (Wildman–Crippen LogP) is 2.33. The number of rotatable bonds is 3. The number of hydrogen-bond donors (Lipinski definition) is 1. The normalized spacial score (nSPS) is 38.4. The third-order valence-electron chi connectivity index (χ3n) is 7.93. The lowest BCUT2D eigenvalue weighted by molar-refractivity contribution is -0.149. The maximum absolute atomic E-state index is 13.7. The Morgan fingerprint density at radius 3 is 2.71 bits per heavy atom. The number of ether oxygens (including phenoxy) is 3. The average Bonchev–Trinajstić information content (AvgIpc) is 3.27. The summed E-state index contributed by atoms with van der Waals surface area (Å²) in [6.07, 6.45) is 0.787. The molecule has 0 amide bonds. The van der Waals surface area contributed by atoms with E-state index in [9.17, 15) is 19.5 Å². The van der Waals surface area contributed by atoms with E-state index in [2.05, 4.69) is 0 Å². The lowest BCUT2D eigenvalue weighted by Gasteiger charge is -2.52. The van der Waals surface area contributed by atoms with E-state index in [0.29, 0.717) is 36.0 Å². The zero-order valence-electron chi connectivity index (χ0n) is 18.0. The van der Waals surface area contributed by atoms with Gasteiger partial charge in [-0.15, -0.1) is 0 Å². The van der Waals surface area contributed by atoms with E-state index in [4.69, 9.17) is 18.6 Å². The number of aliphatic hydroxyl groups excluding tert-OH is 1. The molecule has 1 aromatic rings. The first-order valence-corrected chi connectivity index (χ1v) is 10.6. The number of carbonyl (C=O) groups excluding carboxylic acids is 3. The molecule has 2 heterocycles. The molecule has 0 saturated heterocycles. The second-order valence-corrected chi connectivity index (χ2v) is 9.52. The van der Waals surface area contributed by atoms with Gasteiger partial charge in [-0.3, -0.25) is 9.59 Å². The van der Waals surface area contributed by atoms with Gasteiger partial charge in [-0.25, -0.2) is 4.79 Å². The Kier molecular flexibility index (Phi) is 4.31. The van der Waals surface area contributed by atoms with Crippen LogP contribution < -0.4 is 0 Å². The van der Waals surface area contributed by atoms with Gasteiger partial charge in [0.1, 0.15) is 24.0 Å². The van der Waals surface area contributed by atoms with Gasteiger partial charge in [-0.2, -0.15) is 0 Å².